The van der Waals surface area contributed by atoms with E-state index < -0.39 is 77.3 Å². The molecular weight excluding hydrogens is 781 g/mol. The second-order valence-corrected chi connectivity index (χ2v) is 17.3. The van der Waals surface area contributed by atoms with Gasteiger partial charge in [0.1, 0.15) is 23.3 Å². The number of aliphatic hydroxyl groups is 2. The van der Waals surface area contributed by atoms with Crippen molar-refractivity contribution in [1.29, 1.82) is 0 Å². The number of likely N-dealkylation sites (N-methyl/N-ethyl adjacent to an activating group) is 1. The molecule has 0 spiro atoms. The zero-order chi connectivity index (χ0) is 43.2. The molecule has 4 bridgehead atoms. The second-order valence-electron chi connectivity index (χ2n) is 16.3. The third-order valence-corrected chi connectivity index (χ3v) is 13.3. The Bertz CT molecular complexity index is 2230. The van der Waals surface area contributed by atoms with Gasteiger partial charge in [-0.3, -0.25) is 14.4 Å². The molecule has 1 aromatic heterocycles. The maximum absolute atomic E-state index is 14.6. The highest BCUT2D eigenvalue weighted by molar-refractivity contribution is 7.23. The Morgan fingerprint density at radius 2 is 1.66 bits per heavy atom. The maximum atomic E-state index is 14.6. The molecule has 3 aromatic rings. The Kier molecular flexibility index (Phi) is 12.7. The molecule has 16 heteroatoms. The summed E-state index contributed by atoms with van der Waals surface area (Å²) in [7, 11) is 3.50. The van der Waals surface area contributed by atoms with E-state index in [1.54, 1.807) is 65.8 Å². The van der Waals surface area contributed by atoms with Crippen LogP contribution in [0, 0.1) is 30.6 Å². The average Bonchev–Trinajstić information content (AvgIpc) is 3.76. The van der Waals surface area contributed by atoms with E-state index in [2.05, 4.69) is 15.1 Å². The Morgan fingerprint density at radius 1 is 0.983 bits per heavy atom. The predicted octanol–water partition coefficient (Wildman–Crippen LogP) is 5.41. The third-order valence-electron chi connectivity index (χ3n) is 12.1. The molecule has 9 atom stereocenters. The number of aliphatic hydroxyl groups excluding tert-OH is 2. The molecule has 1 amide bonds. The summed E-state index contributed by atoms with van der Waals surface area (Å²) in [6.45, 7) is 15.8. The van der Waals surface area contributed by atoms with Gasteiger partial charge < -0.3 is 54.5 Å². The minimum absolute atomic E-state index is 0.0250. The molecule has 0 radical (unpaired) electrons. The number of fused-ring (bicyclic) bond motifs is 1. The molecule has 2 aromatic carbocycles. The number of nitrogens with zero attached hydrogens (tertiary/aromatic N) is 3. The Hall–Kier alpha value is -4.74. The summed E-state index contributed by atoms with van der Waals surface area (Å²) < 4.78 is 24.3. The van der Waals surface area contributed by atoms with Crippen molar-refractivity contribution in [2.45, 2.75) is 85.6 Å². The van der Waals surface area contributed by atoms with Crippen molar-refractivity contribution in [3.63, 3.8) is 0 Å². The van der Waals surface area contributed by atoms with E-state index in [0.29, 0.717) is 22.9 Å². The van der Waals surface area contributed by atoms with Crippen LogP contribution in [-0.4, -0.2) is 119 Å². The number of benzene rings is 2. The summed E-state index contributed by atoms with van der Waals surface area (Å²) in [5, 5.41) is 50.2. The number of rotatable bonds is 3. The summed E-state index contributed by atoms with van der Waals surface area (Å²) in [5.41, 5.74) is 0.785. The maximum Gasteiger partial charge on any atom is 0.312 e. The number of carbonyl (C=O) groups is 3. The highest BCUT2D eigenvalue weighted by atomic mass is 32.1. The van der Waals surface area contributed by atoms with E-state index in [-0.39, 0.29) is 50.2 Å². The number of nitrogens with one attached hydrogen (secondary N) is 1. The minimum atomic E-state index is -1.94. The Labute approximate surface area is 347 Å². The predicted molar refractivity (Wildman–Crippen MR) is 225 cm³/mol. The lowest BCUT2D eigenvalue weighted by atomic mass is 9.78. The molecule has 3 aliphatic heterocycles. The summed E-state index contributed by atoms with van der Waals surface area (Å²) >= 11 is 1.25. The highest BCUT2D eigenvalue weighted by Crippen LogP contribution is 2.55. The topological polar surface area (TPSA) is 200 Å². The van der Waals surface area contributed by atoms with E-state index in [9.17, 15) is 34.8 Å². The van der Waals surface area contributed by atoms with Crippen LogP contribution in [0.25, 0.3) is 21.0 Å². The first kappa shape index (κ1) is 43.8. The number of thiazole rings is 1. The van der Waals surface area contributed by atoms with Crippen LogP contribution in [0.1, 0.15) is 64.4 Å². The number of carbonyl (C=O) groups excluding carboxylic acids is 3. The normalized spacial score (nSPS) is 32.1. The van der Waals surface area contributed by atoms with Gasteiger partial charge in [0.25, 0.3) is 11.7 Å². The molecular formula is C43H56N4O11S. The van der Waals surface area contributed by atoms with E-state index in [1.165, 1.54) is 38.6 Å². The van der Waals surface area contributed by atoms with Gasteiger partial charge in [0.2, 0.25) is 0 Å². The van der Waals surface area contributed by atoms with Crippen molar-refractivity contribution >= 4 is 60.8 Å². The largest absolute Gasteiger partial charge is 0.507 e. The number of hydrogen-bond donors (Lipinski definition) is 5. The SMILES string of the molecule is CO[C@H]1/C=C/O[C@@]2(C)Oc3c(C)c(O)c4c(O)c(c5sc(N6CCN(C)CC6)nc5c4c3C2=O)NC(=O)/C(C)=C\C=C\[C@H](C)[C@H](O)[C@@H](C)[C@@H](O)[C@@H](C)[C@H](OC(C)=O)[C@@H]1C. The number of allylic oxidation sites excluding steroid dienone is 2. The van der Waals surface area contributed by atoms with Crippen LogP contribution in [0.15, 0.2) is 36.1 Å². The number of amides is 1. The van der Waals surface area contributed by atoms with Gasteiger partial charge in [-0.05, 0) is 27.0 Å². The summed E-state index contributed by atoms with van der Waals surface area (Å²) in [4.78, 5) is 50.1. The van der Waals surface area contributed by atoms with E-state index >= 15 is 0 Å². The summed E-state index contributed by atoms with van der Waals surface area (Å²) in [6, 6.07) is 0. The summed E-state index contributed by atoms with van der Waals surface area (Å²) in [5.74, 6) is -6.77. The smallest absolute Gasteiger partial charge is 0.312 e. The third kappa shape index (κ3) is 8.12. The number of ether oxygens (including phenoxy) is 4. The van der Waals surface area contributed by atoms with Crippen LogP contribution in [-0.2, 0) is 23.8 Å². The van der Waals surface area contributed by atoms with Crippen molar-refractivity contribution in [2.24, 2.45) is 23.7 Å². The molecule has 1 fully saturated rings. The average molecular weight is 837 g/mol. The molecule has 0 saturated carbocycles. The first-order valence-corrected chi connectivity index (χ1v) is 20.7. The van der Waals surface area contributed by atoms with Gasteiger partial charge in [-0.1, -0.05) is 57.3 Å². The molecule has 4 heterocycles. The number of piperazine rings is 1. The Balaban J connectivity index is 1.54. The molecule has 0 unspecified atom stereocenters. The number of aromatic nitrogens is 1. The fourth-order valence-electron chi connectivity index (χ4n) is 8.24. The molecule has 5 N–H and O–H groups in total. The molecule has 3 aliphatic rings. The Morgan fingerprint density at radius 3 is 2.31 bits per heavy atom. The van der Waals surface area contributed by atoms with Crippen molar-refractivity contribution in [2.75, 3.05) is 50.6 Å². The number of methoxy groups -OCH3 is 1. The molecule has 15 nitrogen and oxygen atoms in total. The zero-order valence-corrected chi connectivity index (χ0v) is 36.0. The van der Waals surface area contributed by atoms with Crippen LogP contribution < -0.4 is 15.0 Å². The van der Waals surface area contributed by atoms with Gasteiger partial charge in [0.15, 0.2) is 10.9 Å². The fourth-order valence-corrected chi connectivity index (χ4v) is 9.37. The number of hydrogen-bond acceptors (Lipinski definition) is 15. The quantitative estimate of drug-likeness (QED) is 0.166. The van der Waals surface area contributed by atoms with Crippen molar-refractivity contribution in [3.05, 3.63) is 47.3 Å². The number of phenols is 2. The van der Waals surface area contributed by atoms with Gasteiger partial charge in [0.05, 0.1) is 45.7 Å². The van der Waals surface area contributed by atoms with Crippen LogP contribution in [0.2, 0.25) is 0 Å². The molecule has 1 saturated heterocycles. The first-order chi connectivity index (χ1) is 27.8. The lowest BCUT2D eigenvalue weighted by molar-refractivity contribution is -0.160. The minimum Gasteiger partial charge on any atom is -0.507 e. The number of esters is 1. The molecule has 320 valence electrons. The van der Waals surface area contributed by atoms with Gasteiger partial charge in [-0.2, -0.15) is 0 Å². The van der Waals surface area contributed by atoms with Gasteiger partial charge in [-0.25, -0.2) is 4.98 Å². The van der Waals surface area contributed by atoms with Crippen molar-refractivity contribution < 1.29 is 53.8 Å². The number of anilines is 2. The number of aromatic hydroxyl groups is 2. The number of phenolic OH excluding ortho intramolecular Hbond substituents is 2. The zero-order valence-electron chi connectivity index (χ0n) is 35.2. The lowest BCUT2D eigenvalue weighted by Crippen LogP contribution is -2.46. The van der Waals surface area contributed by atoms with Gasteiger partial charge >= 0.3 is 11.8 Å². The summed E-state index contributed by atoms with van der Waals surface area (Å²) in [6.07, 6.45) is 3.98. The van der Waals surface area contributed by atoms with Crippen LogP contribution in [0.5, 0.6) is 17.2 Å². The molecule has 59 heavy (non-hydrogen) atoms. The van der Waals surface area contributed by atoms with Crippen LogP contribution in [0.4, 0.5) is 10.8 Å². The fraction of sp³-hybridized carbons (Fsp3) is 0.535. The molecule has 6 rings (SSSR count). The first-order valence-electron chi connectivity index (χ1n) is 19.9. The monoisotopic (exact) mass is 836 g/mol. The van der Waals surface area contributed by atoms with Gasteiger partial charge in [0, 0.05) is 87.3 Å². The van der Waals surface area contributed by atoms with Gasteiger partial charge in [-0.15, -0.1) is 0 Å². The second kappa shape index (κ2) is 17.1. The highest BCUT2D eigenvalue weighted by Gasteiger charge is 2.50. The van der Waals surface area contributed by atoms with Crippen molar-refractivity contribution in [3.8, 4) is 17.2 Å². The number of Topliss-reactive ketones (excluding diaryl/α,β-unsaturated/α-hetero) is 1. The standard InChI is InChI=1S/C43H56N4O11S/c1-20-12-11-13-21(2)41(54)44-32-36(52)29-28(31-39(32)59-42(45-31)47-17-15-46(9)16-18-47)30-38(25(6)35(29)51)58-43(8,40(30)53)56-19-14-27(55-10)22(3)37(57-26(7)48)24(5)34(50)23(4)33(20)49/h11-14,19-20,22-24,27,33-34,37,49-52H,15-18H2,1-10H3,(H,44,54)/b12-11+,19-14+,21-13-/t20-,22+,23+,24+,27-,33-,34+,37+,43-/m0/s1. The van der Waals surface area contributed by atoms with E-state index in [4.69, 9.17) is 23.9 Å². The number of ketones is 1. The van der Waals surface area contributed by atoms with Crippen LogP contribution in [0.3, 0.4) is 0 Å². The van der Waals surface area contributed by atoms with E-state index in [1.807, 2.05) is 7.05 Å². The molecule has 0 aliphatic carbocycles. The lowest BCUT2D eigenvalue weighted by Gasteiger charge is -2.38. The van der Waals surface area contributed by atoms with Crippen LogP contribution >= 0.6 is 11.3 Å². The van der Waals surface area contributed by atoms with E-state index in [0.717, 1.165) is 13.1 Å². The van der Waals surface area contributed by atoms with Crippen molar-refractivity contribution in [1.82, 2.24) is 9.88 Å².